The van der Waals surface area contributed by atoms with Crippen LogP contribution in [-0.4, -0.2) is 65.7 Å². The third kappa shape index (κ3) is 8.13. The molecule has 0 bridgehead atoms. The Morgan fingerprint density at radius 3 is 2.51 bits per heavy atom. The largest absolute Gasteiger partial charge is 0.391 e. The lowest BCUT2D eigenvalue weighted by molar-refractivity contribution is -0.128. The smallest absolute Gasteiger partial charge is 0.241 e. The number of carbonyl (C=O) groups is 2. The van der Waals surface area contributed by atoms with Crippen molar-refractivity contribution < 1.29 is 19.1 Å². The summed E-state index contributed by atoms with van der Waals surface area (Å²) in [7, 11) is 0. The Morgan fingerprint density at radius 1 is 1.31 bits per heavy atom. The van der Waals surface area contributed by atoms with E-state index in [1.165, 1.54) is 23.1 Å². The monoisotopic (exact) mass is 512 g/mol. The summed E-state index contributed by atoms with van der Waals surface area (Å²) < 4.78 is 13.8. The zero-order chi connectivity index (χ0) is 26.7. The number of rotatable bonds is 9. The highest BCUT2D eigenvalue weighted by Gasteiger charge is 2.40. The Hall–Kier alpha value is -1.74. The van der Waals surface area contributed by atoms with E-state index >= 15 is 0 Å². The van der Waals surface area contributed by atoms with Crippen molar-refractivity contribution in [2.24, 2.45) is 23.0 Å². The molecule has 3 atom stereocenters. The molecule has 9 heteroatoms. The van der Waals surface area contributed by atoms with Crippen LogP contribution in [0.25, 0.3) is 0 Å². The van der Waals surface area contributed by atoms with E-state index in [2.05, 4.69) is 5.32 Å². The van der Waals surface area contributed by atoms with Crippen LogP contribution in [0.5, 0.6) is 0 Å². The summed E-state index contributed by atoms with van der Waals surface area (Å²) >= 11 is 6.24. The number of hydrogen-bond acceptors (Lipinski definition) is 5. The molecule has 198 valence electrons. The average Bonchev–Trinajstić information content (AvgIpc) is 2.73. The first-order valence-electron chi connectivity index (χ1n) is 12.2. The van der Waals surface area contributed by atoms with E-state index in [1.807, 2.05) is 53.4 Å². The van der Waals surface area contributed by atoms with Crippen LogP contribution in [0.15, 0.2) is 18.2 Å². The lowest BCUT2D eigenvalue weighted by Crippen LogP contribution is -2.64. The minimum Gasteiger partial charge on any atom is -0.391 e. The molecule has 1 saturated heterocycles. The molecular formula is C26H42ClFN4O3. The minimum absolute atomic E-state index is 0.0365. The molecule has 1 aliphatic rings. The van der Waals surface area contributed by atoms with Gasteiger partial charge in [-0.3, -0.25) is 14.5 Å². The van der Waals surface area contributed by atoms with Crippen molar-refractivity contribution in [1.82, 2.24) is 10.2 Å². The van der Waals surface area contributed by atoms with Crippen molar-refractivity contribution in [3.8, 4) is 0 Å². The molecule has 0 aliphatic carbocycles. The number of amides is 2. The van der Waals surface area contributed by atoms with Crippen LogP contribution in [0.2, 0.25) is 5.02 Å². The molecule has 1 fully saturated rings. The Kier molecular flexibility index (Phi) is 9.73. The number of aliphatic hydroxyl groups excluding tert-OH is 1. The zero-order valence-corrected chi connectivity index (χ0v) is 22.8. The normalized spacial score (nSPS) is 19.5. The number of nitrogens with one attached hydrogen (secondary N) is 1. The molecule has 2 amide bonds. The van der Waals surface area contributed by atoms with E-state index in [0.717, 1.165) is 0 Å². The van der Waals surface area contributed by atoms with Gasteiger partial charge in [0.25, 0.3) is 0 Å². The van der Waals surface area contributed by atoms with E-state index in [0.29, 0.717) is 23.8 Å². The van der Waals surface area contributed by atoms with Gasteiger partial charge in [0.2, 0.25) is 11.8 Å². The second-order valence-electron chi connectivity index (χ2n) is 11.9. The summed E-state index contributed by atoms with van der Waals surface area (Å²) in [4.78, 5) is 29.2. The third-order valence-corrected chi connectivity index (χ3v) is 6.90. The Morgan fingerprint density at radius 2 is 1.94 bits per heavy atom. The Labute approximate surface area is 214 Å². The molecule has 1 aliphatic heterocycles. The number of halogens is 2. The molecule has 0 saturated carbocycles. The highest BCUT2D eigenvalue weighted by Crippen LogP contribution is 2.32. The third-order valence-electron chi connectivity index (χ3n) is 6.58. The van der Waals surface area contributed by atoms with E-state index < -0.39 is 23.5 Å². The maximum atomic E-state index is 13.8. The molecular weight excluding hydrogens is 471 g/mol. The highest BCUT2D eigenvalue weighted by molar-refractivity contribution is 6.33. The average molecular weight is 513 g/mol. The Balaban J connectivity index is 2.06. The first-order chi connectivity index (χ1) is 16.0. The second-order valence-corrected chi connectivity index (χ2v) is 12.3. The molecule has 4 N–H and O–H groups in total. The van der Waals surface area contributed by atoms with Gasteiger partial charge in [-0.15, -0.1) is 0 Å². The number of piperazine rings is 1. The van der Waals surface area contributed by atoms with Gasteiger partial charge in [-0.2, -0.15) is 0 Å². The van der Waals surface area contributed by atoms with Crippen molar-refractivity contribution in [3.63, 3.8) is 0 Å². The first kappa shape index (κ1) is 29.5. The van der Waals surface area contributed by atoms with Crippen molar-refractivity contribution in [3.05, 3.63) is 29.0 Å². The summed E-state index contributed by atoms with van der Waals surface area (Å²) in [5, 5.41) is 14.2. The molecule has 1 aromatic carbocycles. The van der Waals surface area contributed by atoms with Gasteiger partial charge in [0.1, 0.15) is 5.82 Å². The van der Waals surface area contributed by atoms with Crippen LogP contribution in [0, 0.1) is 23.1 Å². The summed E-state index contributed by atoms with van der Waals surface area (Å²) in [5.41, 5.74) is 6.18. The van der Waals surface area contributed by atoms with Crippen molar-refractivity contribution >= 4 is 29.1 Å². The van der Waals surface area contributed by atoms with E-state index in [4.69, 9.17) is 17.3 Å². The van der Waals surface area contributed by atoms with Gasteiger partial charge in [0.05, 0.1) is 23.4 Å². The molecule has 35 heavy (non-hydrogen) atoms. The SMILES string of the molecule is CC(C)[C@H](C[C@H](O)[C@@H](N)CN1CC(=O)N(c2cc(F)ccc2Cl)CC1(C)C)C(=O)NCC(C)(C)C. The van der Waals surface area contributed by atoms with Crippen molar-refractivity contribution in [2.45, 2.75) is 72.6 Å². The number of benzene rings is 1. The molecule has 1 heterocycles. The van der Waals surface area contributed by atoms with Gasteiger partial charge < -0.3 is 21.1 Å². The number of carbonyl (C=O) groups excluding carboxylic acids is 2. The van der Waals surface area contributed by atoms with Gasteiger partial charge >= 0.3 is 0 Å². The fraction of sp³-hybridized carbons (Fsp3) is 0.692. The van der Waals surface area contributed by atoms with Gasteiger partial charge in [-0.25, -0.2) is 4.39 Å². The standard InChI is InChI=1S/C26H42ClFN4O3/c1-16(2)18(24(35)30-14-25(3,4)5)11-22(33)20(29)12-31-13-23(34)32(15-26(31,6)7)21-10-17(28)8-9-19(21)27/h8-10,16,18,20,22,33H,11-15,29H2,1-7H3,(H,30,35)/t18-,20-,22-/m0/s1. The van der Waals surface area contributed by atoms with Gasteiger partial charge in [-0.05, 0) is 49.8 Å². The molecule has 7 nitrogen and oxygen atoms in total. The van der Waals surface area contributed by atoms with Gasteiger partial charge in [-0.1, -0.05) is 46.2 Å². The summed E-state index contributed by atoms with van der Waals surface area (Å²) in [6, 6.07) is 3.31. The van der Waals surface area contributed by atoms with Crippen molar-refractivity contribution in [1.29, 1.82) is 0 Å². The molecule has 0 radical (unpaired) electrons. The van der Waals surface area contributed by atoms with E-state index in [9.17, 15) is 19.1 Å². The summed E-state index contributed by atoms with van der Waals surface area (Å²) in [6.07, 6.45) is -0.674. The maximum absolute atomic E-state index is 13.8. The van der Waals surface area contributed by atoms with E-state index in [-0.39, 0.29) is 48.6 Å². The van der Waals surface area contributed by atoms with Crippen LogP contribution in [-0.2, 0) is 9.59 Å². The molecule has 0 unspecified atom stereocenters. The first-order valence-corrected chi connectivity index (χ1v) is 12.6. The van der Waals surface area contributed by atoms with Crippen LogP contribution in [0.4, 0.5) is 10.1 Å². The van der Waals surface area contributed by atoms with Crippen LogP contribution in [0.3, 0.4) is 0 Å². The number of nitrogens with two attached hydrogens (primary N) is 1. The Bertz CT molecular complexity index is 903. The molecule has 0 aromatic heterocycles. The maximum Gasteiger partial charge on any atom is 0.241 e. The number of hydrogen-bond donors (Lipinski definition) is 3. The predicted molar refractivity (Wildman–Crippen MR) is 139 cm³/mol. The van der Waals surface area contributed by atoms with Gasteiger partial charge in [0, 0.05) is 37.1 Å². The molecule has 1 aromatic rings. The topological polar surface area (TPSA) is 98.9 Å². The quantitative estimate of drug-likeness (QED) is 0.471. The predicted octanol–water partition coefficient (Wildman–Crippen LogP) is 3.42. The molecule has 2 rings (SSSR count). The van der Waals surface area contributed by atoms with E-state index in [1.54, 1.807) is 0 Å². The van der Waals surface area contributed by atoms with Crippen LogP contribution in [0.1, 0.15) is 54.9 Å². The molecule has 0 spiro atoms. The van der Waals surface area contributed by atoms with Crippen LogP contribution < -0.4 is 16.0 Å². The highest BCUT2D eigenvalue weighted by atomic mass is 35.5. The number of anilines is 1. The second kappa shape index (κ2) is 11.5. The fourth-order valence-electron chi connectivity index (χ4n) is 4.24. The lowest BCUT2D eigenvalue weighted by Gasteiger charge is -2.47. The number of nitrogens with zero attached hydrogens (tertiary/aromatic N) is 2. The zero-order valence-electron chi connectivity index (χ0n) is 22.1. The van der Waals surface area contributed by atoms with Crippen molar-refractivity contribution in [2.75, 3.05) is 31.1 Å². The van der Waals surface area contributed by atoms with Crippen LogP contribution >= 0.6 is 11.6 Å². The number of aliphatic hydroxyl groups is 1. The lowest BCUT2D eigenvalue weighted by atomic mass is 9.86. The summed E-state index contributed by atoms with van der Waals surface area (Å²) in [6.45, 7) is 15.2. The van der Waals surface area contributed by atoms with Gasteiger partial charge in [0.15, 0.2) is 0 Å². The summed E-state index contributed by atoms with van der Waals surface area (Å²) in [5.74, 6) is -1.11. The minimum atomic E-state index is -0.913. The fourth-order valence-corrected chi connectivity index (χ4v) is 4.46.